The number of aromatic nitrogens is 4. The Hall–Kier alpha value is -3.77. The first-order valence-electron chi connectivity index (χ1n) is 10.9. The lowest BCUT2D eigenvalue weighted by Crippen LogP contribution is -2.44. The molecule has 1 saturated heterocycles. The molecule has 12 heteroatoms. The monoisotopic (exact) mass is 468 g/mol. The van der Waals surface area contributed by atoms with Crippen molar-refractivity contribution in [3.05, 3.63) is 64.2 Å². The zero-order valence-electron chi connectivity index (χ0n) is 18.5. The molecule has 1 amide bonds. The Morgan fingerprint density at radius 2 is 2.21 bits per heavy atom. The summed E-state index contributed by atoms with van der Waals surface area (Å²) in [6, 6.07) is 4.51. The van der Waals surface area contributed by atoms with Gasteiger partial charge in [-0.1, -0.05) is 5.21 Å². The summed E-state index contributed by atoms with van der Waals surface area (Å²) in [6.07, 6.45) is 4.34. The van der Waals surface area contributed by atoms with E-state index in [1.807, 2.05) is 11.1 Å². The van der Waals surface area contributed by atoms with Crippen molar-refractivity contribution in [3.63, 3.8) is 0 Å². The second kappa shape index (κ2) is 9.61. The summed E-state index contributed by atoms with van der Waals surface area (Å²) in [6.45, 7) is 2.40. The van der Waals surface area contributed by atoms with Gasteiger partial charge in [0.15, 0.2) is 11.4 Å². The van der Waals surface area contributed by atoms with Crippen LogP contribution in [-0.4, -0.2) is 69.7 Å². The highest BCUT2D eigenvalue weighted by atomic mass is 16.5. The second-order valence-corrected chi connectivity index (χ2v) is 8.07. The van der Waals surface area contributed by atoms with Gasteiger partial charge in [-0.15, -0.1) is 5.10 Å². The Kier molecular flexibility index (Phi) is 6.23. The average Bonchev–Trinajstić information content (AvgIpc) is 3.44. The van der Waals surface area contributed by atoms with E-state index in [2.05, 4.69) is 20.6 Å². The number of amides is 1. The molecule has 0 aromatic carbocycles. The fourth-order valence-electron chi connectivity index (χ4n) is 4.05. The SMILES string of the molecule is COc1coc(CN2C[C@@H]3NC(=O)c4ncccc4OCCn4cc(nn4)CO[C@H]3C2)cc1=O. The smallest absolute Gasteiger partial charge is 0.274 e. The molecule has 1 N–H and O–H groups in total. The maximum absolute atomic E-state index is 13.1. The first kappa shape index (κ1) is 22.0. The zero-order chi connectivity index (χ0) is 23.5. The Morgan fingerprint density at radius 3 is 3.06 bits per heavy atom. The summed E-state index contributed by atoms with van der Waals surface area (Å²) >= 11 is 0. The lowest BCUT2D eigenvalue weighted by Gasteiger charge is -2.20. The largest absolute Gasteiger partial charge is 0.490 e. The summed E-state index contributed by atoms with van der Waals surface area (Å²) in [5, 5.41) is 11.3. The molecule has 2 aliphatic rings. The van der Waals surface area contributed by atoms with E-state index in [1.54, 1.807) is 23.0 Å². The Bertz CT molecular complexity index is 1230. The number of carbonyl (C=O) groups is 1. The molecule has 1 fully saturated rings. The Labute approximate surface area is 194 Å². The van der Waals surface area contributed by atoms with Crippen molar-refractivity contribution < 1.29 is 23.4 Å². The minimum Gasteiger partial charge on any atom is -0.490 e. The van der Waals surface area contributed by atoms with Crippen LogP contribution in [0.3, 0.4) is 0 Å². The molecule has 0 spiro atoms. The summed E-state index contributed by atoms with van der Waals surface area (Å²) in [4.78, 5) is 31.4. The average molecular weight is 468 g/mol. The van der Waals surface area contributed by atoms with E-state index in [1.165, 1.54) is 19.4 Å². The number of hydrogen-bond acceptors (Lipinski definition) is 10. The summed E-state index contributed by atoms with van der Waals surface area (Å²) in [7, 11) is 1.42. The van der Waals surface area contributed by atoms with Crippen LogP contribution in [0.2, 0.25) is 0 Å². The molecule has 34 heavy (non-hydrogen) atoms. The second-order valence-electron chi connectivity index (χ2n) is 8.07. The lowest BCUT2D eigenvalue weighted by molar-refractivity contribution is 0.0289. The highest BCUT2D eigenvalue weighted by Gasteiger charge is 2.36. The van der Waals surface area contributed by atoms with Gasteiger partial charge >= 0.3 is 0 Å². The van der Waals surface area contributed by atoms with Crippen LogP contribution in [0.4, 0.5) is 0 Å². The number of nitrogens with one attached hydrogen (secondary N) is 1. The van der Waals surface area contributed by atoms with Crippen molar-refractivity contribution in [2.24, 2.45) is 0 Å². The van der Waals surface area contributed by atoms with Crippen LogP contribution in [0.1, 0.15) is 21.9 Å². The predicted molar refractivity (Wildman–Crippen MR) is 116 cm³/mol. The number of methoxy groups -OCH3 is 1. The van der Waals surface area contributed by atoms with Crippen molar-refractivity contribution in [3.8, 4) is 11.5 Å². The molecule has 0 radical (unpaired) electrons. The van der Waals surface area contributed by atoms with E-state index in [0.29, 0.717) is 50.0 Å². The number of fused-ring (bicyclic) bond motifs is 4. The van der Waals surface area contributed by atoms with E-state index in [9.17, 15) is 9.59 Å². The molecule has 12 nitrogen and oxygen atoms in total. The van der Waals surface area contributed by atoms with E-state index in [4.69, 9.17) is 18.6 Å². The minimum atomic E-state index is -0.346. The molecule has 3 aromatic rings. The van der Waals surface area contributed by atoms with Gasteiger partial charge in [0.05, 0.1) is 45.1 Å². The van der Waals surface area contributed by atoms with Crippen LogP contribution in [0.25, 0.3) is 0 Å². The van der Waals surface area contributed by atoms with Gasteiger partial charge in [0.25, 0.3) is 5.91 Å². The van der Waals surface area contributed by atoms with Crippen molar-refractivity contribution in [2.45, 2.75) is 31.8 Å². The summed E-state index contributed by atoms with van der Waals surface area (Å²) in [5.74, 6) is 0.687. The summed E-state index contributed by atoms with van der Waals surface area (Å²) in [5.41, 5.74) is 0.637. The van der Waals surface area contributed by atoms with Crippen molar-refractivity contribution in [2.75, 3.05) is 26.8 Å². The van der Waals surface area contributed by atoms with Crippen LogP contribution in [-0.2, 0) is 24.4 Å². The maximum Gasteiger partial charge on any atom is 0.274 e. The molecular weight excluding hydrogens is 444 g/mol. The third-order valence-corrected chi connectivity index (χ3v) is 5.71. The number of ether oxygens (including phenoxy) is 3. The fourth-order valence-corrected chi connectivity index (χ4v) is 4.05. The molecule has 0 saturated carbocycles. The molecule has 5 rings (SSSR count). The fraction of sp³-hybridized carbons (Fsp3) is 0.409. The van der Waals surface area contributed by atoms with E-state index >= 15 is 0 Å². The number of likely N-dealkylation sites (tertiary alicyclic amines) is 1. The highest BCUT2D eigenvalue weighted by Crippen LogP contribution is 2.21. The normalized spacial score (nSPS) is 21.0. The number of hydrogen-bond donors (Lipinski definition) is 1. The molecule has 2 atom stereocenters. The van der Waals surface area contributed by atoms with Crippen LogP contribution < -0.4 is 20.2 Å². The van der Waals surface area contributed by atoms with E-state index in [0.717, 1.165) is 0 Å². The number of pyridine rings is 1. The molecule has 5 heterocycles. The van der Waals surface area contributed by atoms with Crippen LogP contribution in [0.5, 0.6) is 11.5 Å². The van der Waals surface area contributed by atoms with Gasteiger partial charge in [-0.2, -0.15) is 0 Å². The molecule has 178 valence electrons. The van der Waals surface area contributed by atoms with Crippen LogP contribution in [0, 0.1) is 0 Å². The Balaban J connectivity index is 1.37. The van der Waals surface area contributed by atoms with Gasteiger partial charge in [0, 0.05) is 25.4 Å². The third-order valence-electron chi connectivity index (χ3n) is 5.71. The topological polar surface area (TPSA) is 134 Å². The summed E-state index contributed by atoms with van der Waals surface area (Å²) < 4.78 is 24.1. The highest BCUT2D eigenvalue weighted by molar-refractivity contribution is 5.95. The predicted octanol–water partition coefficient (Wildman–Crippen LogP) is 0.227. The van der Waals surface area contributed by atoms with Crippen LogP contribution >= 0.6 is 0 Å². The van der Waals surface area contributed by atoms with Crippen molar-refractivity contribution in [1.82, 2.24) is 30.2 Å². The van der Waals surface area contributed by atoms with Gasteiger partial charge in [0.1, 0.15) is 24.3 Å². The van der Waals surface area contributed by atoms with Gasteiger partial charge in [0.2, 0.25) is 11.2 Å². The van der Waals surface area contributed by atoms with Gasteiger partial charge in [-0.05, 0) is 12.1 Å². The lowest BCUT2D eigenvalue weighted by atomic mass is 10.2. The number of nitrogens with zero attached hydrogens (tertiary/aromatic N) is 5. The molecule has 2 bridgehead atoms. The van der Waals surface area contributed by atoms with Gasteiger partial charge in [-0.3, -0.25) is 14.5 Å². The van der Waals surface area contributed by atoms with E-state index < -0.39 is 0 Å². The third kappa shape index (κ3) is 4.77. The molecule has 2 aliphatic heterocycles. The van der Waals surface area contributed by atoms with Gasteiger partial charge < -0.3 is 23.9 Å². The first-order chi connectivity index (χ1) is 16.6. The van der Waals surface area contributed by atoms with E-state index in [-0.39, 0.29) is 41.5 Å². The van der Waals surface area contributed by atoms with Crippen LogP contribution in [0.15, 0.2) is 46.1 Å². The molecule has 3 aromatic heterocycles. The molecule has 0 unspecified atom stereocenters. The quantitative estimate of drug-likeness (QED) is 0.569. The van der Waals surface area contributed by atoms with Gasteiger partial charge in [-0.25, -0.2) is 9.67 Å². The van der Waals surface area contributed by atoms with Crippen molar-refractivity contribution in [1.29, 1.82) is 0 Å². The minimum absolute atomic E-state index is 0.148. The first-order valence-corrected chi connectivity index (χ1v) is 10.9. The molecular formula is C22H24N6O6. The zero-order valence-corrected chi connectivity index (χ0v) is 18.5. The number of carbonyl (C=O) groups excluding carboxylic acids is 1. The Morgan fingerprint density at radius 1 is 1.29 bits per heavy atom. The standard InChI is InChI=1S/C22H24N6O6/c1-31-20-13-33-15(7-17(20)29)9-27-10-16-19(11-27)34-12-14-8-28(26-25-14)5-6-32-18-3-2-4-23-21(18)22(30)24-16/h2-4,7-8,13,16,19H,5-6,9-12H2,1H3,(H,24,30)/t16-,19-/m0/s1. The van der Waals surface area contributed by atoms with Crippen molar-refractivity contribution >= 4 is 5.91 Å². The maximum atomic E-state index is 13.1. The number of rotatable bonds is 3. The molecule has 0 aliphatic carbocycles.